The van der Waals surface area contributed by atoms with Crippen LogP contribution < -0.4 is 4.74 Å². The molecule has 134 valence electrons. The third-order valence-electron chi connectivity index (χ3n) is 4.44. The van der Waals surface area contributed by atoms with Gasteiger partial charge in [-0.2, -0.15) is 15.6 Å². The van der Waals surface area contributed by atoms with Gasteiger partial charge in [0.15, 0.2) is 0 Å². The maximum absolute atomic E-state index is 13.0. The van der Waals surface area contributed by atoms with Crippen LogP contribution in [0.2, 0.25) is 0 Å². The predicted molar refractivity (Wildman–Crippen MR) is 94.3 cm³/mol. The molecule has 8 heteroatoms. The van der Waals surface area contributed by atoms with Gasteiger partial charge in [-0.05, 0) is 34.5 Å². The van der Waals surface area contributed by atoms with Gasteiger partial charge in [0.2, 0.25) is 10.0 Å². The fourth-order valence-electron chi connectivity index (χ4n) is 3.09. The lowest BCUT2D eigenvalue weighted by Crippen LogP contribution is -2.30. The fourth-order valence-corrected chi connectivity index (χ4v) is 5.34. The van der Waals surface area contributed by atoms with Crippen LogP contribution in [0.25, 0.3) is 0 Å². The van der Waals surface area contributed by atoms with Crippen LogP contribution >= 0.6 is 11.3 Å². The minimum atomic E-state index is -3.72. The molecule has 6 nitrogen and oxygen atoms in total. The van der Waals surface area contributed by atoms with Crippen LogP contribution in [0.3, 0.4) is 0 Å². The molecule has 1 aliphatic heterocycles. The zero-order chi connectivity index (χ0) is 18.0. The predicted octanol–water partition coefficient (Wildman–Crippen LogP) is 2.33. The summed E-state index contributed by atoms with van der Waals surface area (Å²) in [5.41, 5.74) is 0.962. The molecule has 1 aromatic heterocycles. The van der Waals surface area contributed by atoms with Gasteiger partial charge in [-0.3, -0.25) is 4.79 Å². The van der Waals surface area contributed by atoms with Crippen molar-refractivity contribution in [1.29, 1.82) is 0 Å². The Kier molecular flexibility index (Phi) is 5.12. The van der Waals surface area contributed by atoms with Gasteiger partial charge in [0, 0.05) is 25.1 Å². The highest BCUT2D eigenvalue weighted by atomic mass is 32.2. The number of sulfonamides is 1. The minimum absolute atomic E-state index is 0.104. The third-order valence-corrected chi connectivity index (χ3v) is 6.97. The van der Waals surface area contributed by atoms with E-state index in [1.165, 1.54) is 42.0 Å². The molecule has 2 aromatic rings. The Labute approximate surface area is 151 Å². The highest BCUT2D eigenvalue weighted by Crippen LogP contribution is 2.37. The number of thiophene rings is 1. The zero-order valence-electron chi connectivity index (χ0n) is 13.9. The number of hydrogen-bond acceptors (Lipinski definition) is 6. The first-order valence-corrected chi connectivity index (χ1v) is 10.1. The van der Waals surface area contributed by atoms with Crippen molar-refractivity contribution < 1.29 is 22.7 Å². The molecule has 1 fully saturated rings. The van der Waals surface area contributed by atoms with Gasteiger partial charge < -0.3 is 9.47 Å². The van der Waals surface area contributed by atoms with Gasteiger partial charge in [0.25, 0.3) is 0 Å². The summed E-state index contributed by atoms with van der Waals surface area (Å²) in [6, 6.07) is 8.26. The standard InChI is InChI=1S/C17H19NO5S2/c1-22-13-4-3-5-14(8-13)25(20,21)18-9-15(12-6-7-24-11-12)16(10-18)17(19)23-2/h3-8,11,15-16H,9-10H2,1-2H3. The smallest absolute Gasteiger partial charge is 0.310 e. The second kappa shape index (κ2) is 7.15. The molecule has 0 aliphatic carbocycles. The van der Waals surface area contributed by atoms with Crippen molar-refractivity contribution in [3.63, 3.8) is 0 Å². The lowest BCUT2D eigenvalue weighted by atomic mass is 9.91. The first-order valence-electron chi connectivity index (χ1n) is 7.71. The van der Waals surface area contributed by atoms with Crippen molar-refractivity contribution in [2.75, 3.05) is 27.3 Å². The fraction of sp³-hybridized carbons (Fsp3) is 0.353. The number of hydrogen-bond donors (Lipinski definition) is 0. The number of esters is 1. The molecule has 0 spiro atoms. The second-order valence-electron chi connectivity index (χ2n) is 5.79. The number of carbonyl (C=O) groups excluding carboxylic acids is 1. The number of carbonyl (C=O) groups is 1. The Balaban J connectivity index is 1.93. The van der Waals surface area contributed by atoms with E-state index in [0.29, 0.717) is 5.75 Å². The number of rotatable bonds is 5. The summed E-state index contributed by atoms with van der Waals surface area (Å²) >= 11 is 1.52. The van der Waals surface area contributed by atoms with E-state index < -0.39 is 15.9 Å². The monoisotopic (exact) mass is 381 g/mol. The van der Waals surface area contributed by atoms with Crippen molar-refractivity contribution in [1.82, 2.24) is 4.31 Å². The topological polar surface area (TPSA) is 72.9 Å². The molecule has 0 bridgehead atoms. The van der Waals surface area contributed by atoms with Gasteiger partial charge in [-0.15, -0.1) is 0 Å². The summed E-state index contributed by atoms with van der Waals surface area (Å²) in [7, 11) is -0.908. The van der Waals surface area contributed by atoms with E-state index in [2.05, 4.69) is 0 Å². The normalized spacial score (nSPS) is 21.2. The molecular formula is C17H19NO5S2. The Morgan fingerprint density at radius 3 is 2.68 bits per heavy atom. The summed E-state index contributed by atoms with van der Waals surface area (Å²) in [6.45, 7) is 0.350. The molecule has 1 saturated heterocycles. The molecule has 1 aromatic carbocycles. The molecule has 2 heterocycles. The van der Waals surface area contributed by atoms with Crippen molar-refractivity contribution in [2.24, 2.45) is 5.92 Å². The Bertz CT molecular complexity index is 848. The van der Waals surface area contributed by atoms with E-state index >= 15 is 0 Å². The van der Waals surface area contributed by atoms with Crippen LogP contribution in [0.15, 0.2) is 46.0 Å². The summed E-state index contributed by atoms with van der Waals surface area (Å²) in [6.07, 6.45) is 0. The van der Waals surface area contributed by atoms with Crippen LogP contribution in [0.4, 0.5) is 0 Å². The van der Waals surface area contributed by atoms with Crippen molar-refractivity contribution in [3.8, 4) is 5.75 Å². The van der Waals surface area contributed by atoms with Crippen molar-refractivity contribution >= 4 is 27.3 Å². The highest BCUT2D eigenvalue weighted by molar-refractivity contribution is 7.89. The molecule has 0 N–H and O–H groups in total. The maximum Gasteiger partial charge on any atom is 0.310 e. The molecule has 0 saturated carbocycles. The van der Waals surface area contributed by atoms with E-state index in [1.54, 1.807) is 12.1 Å². The van der Waals surface area contributed by atoms with Crippen LogP contribution in [0.5, 0.6) is 5.75 Å². The number of ether oxygens (including phenoxy) is 2. The average Bonchev–Trinajstić information content (AvgIpc) is 3.30. The second-order valence-corrected chi connectivity index (χ2v) is 8.51. The Hall–Kier alpha value is -1.90. The maximum atomic E-state index is 13.0. The first-order chi connectivity index (χ1) is 12.0. The average molecular weight is 381 g/mol. The molecular weight excluding hydrogens is 362 g/mol. The molecule has 0 amide bonds. The van der Waals surface area contributed by atoms with Gasteiger partial charge in [0.05, 0.1) is 25.0 Å². The van der Waals surface area contributed by atoms with Crippen LogP contribution in [0.1, 0.15) is 11.5 Å². The molecule has 3 rings (SSSR count). The first kappa shape index (κ1) is 17.9. The van der Waals surface area contributed by atoms with Crippen molar-refractivity contribution in [2.45, 2.75) is 10.8 Å². The van der Waals surface area contributed by atoms with Gasteiger partial charge in [0.1, 0.15) is 5.75 Å². The molecule has 2 unspecified atom stereocenters. The van der Waals surface area contributed by atoms with E-state index in [-0.39, 0.29) is 29.9 Å². The number of methoxy groups -OCH3 is 2. The van der Waals surface area contributed by atoms with Crippen LogP contribution in [0, 0.1) is 5.92 Å². The molecule has 0 radical (unpaired) electrons. The minimum Gasteiger partial charge on any atom is -0.497 e. The lowest BCUT2D eigenvalue weighted by Gasteiger charge is -2.16. The quantitative estimate of drug-likeness (QED) is 0.744. The molecule has 1 aliphatic rings. The van der Waals surface area contributed by atoms with E-state index in [1.807, 2.05) is 16.8 Å². The Morgan fingerprint density at radius 1 is 1.24 bits per heavy atom. The highest BCUT2D eigenvalue weighted by Gasteiger charge is 2.44. The Morgan fingerprint density at radius 2 is 2.04 bits per heavy atom. The van der Waals surface area contributed by atoms with Gasteiger partial charge in [-0.1, -0.05) is 6.07 Å². The summed E-state index contributed by atoms with van der Waals surface area (Å²) in [4.78, 5) is 12.3. The lowest BCUT2D eigenvalue weighted by molar-refractivity contribution is -0.145. The number of nitrogens with zero attached hydrogens (tertiary/aromatic N) is 1. The summed E-state index contributed by atoms with van der Waals surface area (Å²) in [5, 5.41) is 3.87. The zero-order valence-corrected chi connectivity index (χ0v) is 15.5. The third kappa shape index (κ3) is 3.42. The van der Waals surface area contributed by atoms with Crippen molar-refractivity contribution in [3.05, 3.63) is 46.7 Å². The number of benzene rings is 1. The van der Waals surface area contributed by atoms with E-state index in [0.717, 1.165) is 5.56 Å². The summed E-state index contributed by atoms with van der Waals surface area (Å²) in [5.74, 6) is -0.641. The summed E-state index contributed by atoms with van der Waals surface area (Å²) < 4.78 is 37.3. The molecule has 2 atom stereocenters. The van der Waals surface area contributed by atoms with Gasteiger partial charge in [-0.25, -0.2) is 8.42 Å². The van der Waals surface area contributed by atoms with Crippen LogP contribution in [-0.4, -0.2) is 46.0 Å². The van der Waals surface area contributed by atoms with Gasteiger partial charge >= 0.3 is 5.97 Å². The largest absolute Gasteiger partial charge is 0.497 e. The SMILES string of the molecule is COC(=O)C1CN(S(=O)(=O)c2cccc(OC)c2)CC1c1ccsc1. The van der Waals surface area contributed by atoms with Crippen LogP contribution in [-0.2, 0) is 19.6 Å². The molecule has 25 heavy (non-hydrogen) atoms. The van der Waals surface area contributed by atoms with E-state index in [9.17, 15) is 13.2 Å². The van der Waals surface area contributed by atoms with E-state index in [4.69, 9.17) is 9.47 Å².